The molecule has 66 valence electrons. The molecule has 0 fully saturated rings. The van der Waals surface area contributed by atoms with Crippen molar-refractivity contribution in [1.82, 2.24) is 0 Å². The molecule has 0 heterocycles. The maximum Gasteiger partial charge on any atom is 0.398 e. The normalized spacial score (nSPS) is 14.4. The van der Waals surface area contributed by atoms with Crippen molar-refractivity contribution in [2.24, 2.45) is 5.73 Å². The van der Waals surface area contributed by atoms with Crippen LogP contribution >= 0.6 is 0 Å². The third-order valence-electron chi connectivity index (χ3n) is 0.721. The molecule has 8 heteroatoms. The number of hydrogen-bond donors (Lipinski definition) is 3. The molecule has 0 aliphatic carbocycles. The Hall–Kier alpha value is -0.700. The summed E-state index contributed by atoms with van der Waals surface area (Å²) in [6, 6.07) is 0. The Labute approximate surface area is 62.7 Å². The van der Waals surface area contributed by atoms with E-state index in [0.29, 0.717) is 0 Å². The molecule has 1 unspecified atom stereocenters. The molecule has 4 N–H and O–H groups in total. The Bertz CT molecular complexity index is 232. The highest BCUT2D eigenvalue weighted by molar-refractivity contribution is 7.80. The average molecular weight is 185 g/mol. The first-order valence-corrected chi connectivity index (χ1v) is 3.79. The highest BCUT2D eigenvalue weighted by Gasteiger charge is 2.21. The molecule has 0 aromatic rings. The molecule has 0 aromatic carbocycles. The fourth-order valence-electron chi connectivity index (χ4n) is 0.315. The van der Waals surface area contributed by atoms with Crippen molar-refractivity contribution in [1.29, 1.82) is 0 Å². The van der Waals surface area contributed by atoms with Gasteiger partial charge in [0.2, 0.25) is 0 Å². The van der Waals surface area contributed by atoms with Crippen LogP contribution in [0.2, 0.25) is 0 Å². The molecule has 0 aliphatic rings. The van der Waals surface area contributed by atoms with E-state index in [2.05, 4.69) is 9.92 Å². The van der Waals surface area contributed by atoms with Crippen LogP contribution in [0.5, 0.6) is 0 Å². The van der Waals surface area contributed by atoms with Crippen LogP contribution in [0.25, 0.3) is 0 Å². The van der Waals surface area contributed by atoms with Crippen LogP contribution in [0.4, 0.5) is 0 Å². The molecule has 0 aromatic heterocycles. The molecule has 0 spiro atoms. The van der Waals surface area contributed by atoms with E-state index < -0.39 is 29.0 Å². The summed E-state index contributed by atoms with van der Waals surface area (Å²) in [5.41, 5.74) is 4.55. The van der Waals surface area contributed by atoms with Gasteiger partial charge in [0.05, 0.1) is 6.61 Å². The minimum atomic E-state index is -4.74. The van der Waals surface area contributed by atoms with Gasteiger partial charge in [-0.25, -0.2) is 4.18 Å². The number of carbonyl (C=O) groups is 1. The Morgan fingerprint density at radius 2 is 2.09 bits per heavy atom. The first-order valence-electron chi connectivity index (χ1n) is 2.42. The van der Waals surface area contributed by atoms with Crippen LogP contribution in [0.3, 0.4) is 0 Å². The topological polar surface area (TPSA) is 127 Å². The fourth-order valence-corrected chi connectivity index (χ4v) is 0.764. The molecule has 0 aliphatic heterocycles. The zero-order valence-electron chi connectivity index (χ0n) is 5.30. The second-order valence-corrected chi connectivity index (χ2v) is 2.65. The van der Waals surface area contributed by atoms with Gasteiger partial charge in [-0.3, -0.25) is 9.35 Å². The van der Waals surface area contributed by atoms with Gasteiger partial charge in [-0.2, -0.15) is 8.42 Å². The maximum absolute atomic E-state index is 10.2. The quantitative estimate of drug-likeness (QED) is 0.421. The lowest BCUT2D eigenvalue weighted by molar-refractivity contribution is -0.126. The van der Waals surface area contributed by atoms with Crippen molar-refractivity contribution in [2.75, 3.05) is 6.61 Å². The standard InChI is InChI=1S/C3H7NO6S/c4-3(6)2(1-5)10-11(7,8)9/h2,5H,1H2,(H2,4,6)(H,7,8,9). The third-order valence-corrected chi connectivity index (χ3v) is 1.20. The van der Waals surface area contributed by atoms with Crippen LogP contribution in [-0.2, 0) is 19.4 Å². The van der Waals surface area contributed by atoms with Gasteiger partial charge in [-0.1, -0.05) is 0 Å². The van der Waals surface area contributed by atoms with E-state index in [9.17, 15) is 13.2 Å². The van der Waals surface area contributed by atoms with Crippen molar-refractivity contribution in [3.63, 3.8) is 0 Å². The number of carbonyl (C=O) groups excluding carboxylic acids is 1. The van der Waals surface area contributed by atoms with E-state index in [0.717, 1.165) is 0 Å². The predicted molar refractivity (Wildman–Crippen MR) is 32.7 cm³/mol. The van der Waals surface area contributed by atoms with Gasteiger partial charge < -0.3 is 10.8 Å². The summed E-state index contributed by atoms with van der Waals surface area (Å²) < 4.78 is 31.5. The number of nitrogens with two attached hydrogens (primary N) is 1. The predicted octanol–water partition coefficient (Wildman–Crippen LogP) is -2.35. The summed E-state index contributed by atoms with van der Waals surface area (Å²) in [5.74, 6) is -1.18. The number of amides is 1. The Morgan fingerprint density at radius 1 is 1.64 bits per heavy atom. The molecular weight excluding hydrogens is 178 g/mol. The average Bonchev–Trinajstić information content (AvgIpc) is 1.80. The minimum Gasteiger partial charge on any atom is -0.393 e. The second kappa shape index (κ2) is 3.62. The number of hydrogen-bond acceptors (Lipinski definition) is 5. The first kappa shape index (κ1) is 10.3. The Kier molecular flexibility index (Phi) is 3.39. The summed E-state index contributed by atoms with van der Waals surface area (Å²) in [4.78, 5) is 10.2. The van der Waals surface area contributed by atoms with Crippen molar-refractivity contribution >= 4 is 16.3 Å². The van der Waals surface area contributed by atoms with Crippen LogP contribution in [-0.4, -0.2) is 36.7 Å². The summed E-state index contributed by atoms with van der Waals surface area (Å²) in [6.07, 6.45) is -1.73. The van der Waals surface area contributed by atoms with Crippen LogP contribution in [0, 0.1) is 0 Å². The van der Waals surface area contributed by atoms with Gasteiger partial charge >= 0.3 is 10.4 Å². The van der Waals surface area contributed by atoms with E-state index in [1.54, 1.807) is 0 Å². The molecular formula is C3H7NO6S. The van der Waals surface area contributed by atoms with Gasteiger partial charge in [-0.05, 0) is 0 Å². The Morgan fingerprint density at radius 3 is 2.18 bits per heavy atom. The molecule has 0 rings (SSSR count). The minimum absolute atomic E-state index is 0.908. The van der Waals surface area contributed by atoms with E-state index >= 15 is 0 Å². The molecule has 1 atom stereocenters. The largest absolute Gasteiger partial charge is 0.398 e. The molecule has 0 bridgehead atoms. The zero-order chi connectivity index (χ0) is 9.07. The van der Waals surface area contributed by atoms with E-state index in [4.69, 9.17) is 9.66 Å². The van der Waals surface area contributed by atoms with Crippen LogP contribution in [0.1, 0.15) is 0 Å². The molecule has 11 heavy (non-hydrogen) atoms. The number of aliphatic hydroxyl groups excluding tert-OH is 1. The van der Waals surface area contributed by atoms with Gasteiger partial charge in [0.25, 0.3) is 5.91 Å². The SMILES string of the molecule is NC(=O)C(CO)OS(=O)(=O)O. The number of primary amides is 1. The lowest BCUT2D eigenvalue weighted by Gasteiger charge is -2.06. The molecule has 0 radical (unpaired) electrons. The van der Waals surface area contributed by atoms with E-state index in [1.807, 2.05) is 0 Å². The summed E-state index contributed by atoms with van der Waals surface area (Å²) in [7, 11) is -4.74. The lowest BCUT2D eigenvalue weighted by atomic mass is 10.4. The van der Waals surface area contributed by atoms with Gasteiger partial charge in [0.1, 0.15) is 0 Å². The van der Waals surface area contributed by atoms with Crippen molar-refractivity contribution in [3.05, 3.63) is 0 Å². The summed E-state index contributed by atoms with van der Waals surface area (Å²) in [5, 5.41) is 8.26. The fraction of sp³-hybridized carbons (Fsp3) is 0.667. The summed E-state index contributed by atoms with van der Waals surface area (Å²) >= 11 is 0. The first-order chi connectivity index (χ1) is 4.87. The monoisotopic (exact) mass is 185 g/mol. The summed E-state index contributed by atoms with van der Waals surface area (Å²) in [6.45, 7) is -0.908. The van der Waals surface area contributed by atoms with Crippen molar-refractivity contribution < 1.29 is 27.1 Å². The smallest absolute Gasteiger partial charge is 0.393 e. The van der Waals surface area contributed by atoms with E-state index in [-0.39, 0.29) is 0 Å². The zero-order valence-corrected chi connectivity index (χ0v) is 6.11. The maximum atomic E-state index is 10.2. The van der Waals surface area contributed by atoms with Crippen molar-refractivity contribution in [2.45, 2.75) is 6.10 Å². The van der Waals surface area contributed by atoms with Gasteiger partial charge in [-0.15, -0.1) is 0 Å². The number of aliphatic hydroxyl groups is 1. The van der Waals surface area contributed by atoms with E-state index in [1.165, 1.54) is 0 Å². The molecule has 0 saturated heterocycles. The highest BCUT2D eigenvalue weighted by Crippen LogP contribution is 1.94. The van der Waals surface area contributed by atoms with Crippen LogP contribution < -0.4 is 5.73 Å². The highest BCUT2D eigenvalue weighted by atomic mass is 32.3. The Balaban J connectivity index is 4.22. The van der Waals surface area contributed by atoms with Crippen molar-refractivity contribution in [3.8, 4) is 0 Å². The third kappa shape index (κ3) is 4.67. The molecule has 1 amide bonds. The van der Waals surface area contributed by atoms with Gasteiger partial charge in [0, 0.05) is 0 Å². The van der Waals surface area contributed by atoms with Gasteiger partial charge in [0.15, 0.2) is 6.10 Å². The lowest BCUT2D eigenvalue weighted by Crippen LogP contribution is -2.35. The molecule has 7 nitrogen and oxygen atoms in total. The molecule has 0 saturated carbocycles. The van der Waals surface area contributed by atoms with Crippen LogP contribution in [0.15, 0.2) is 0 Å². The second-order valence-electron chi connectivity index (χ2n) is 1.60. The number of rotatable bonds is 4.